The number of ether oxygens (including phenoxy) is 2. The zero-order valence-corrected chi connectivity index (χ0v) is 16.0. The molecule has 0 N–H and O–H groups in total. The summed E-state index contributed by atoms with van der Waals surface area (Å²) in [6.45, 7) is 0.146. The Balaban J connectivity index is 1.48. The van der Waals surface area contributed by atoms with Gasteiger partial charge in [0.15, 0.2) is 5.75 Å². The van der Waals surface area contributed by atoms with Crippen LogP contribution in [0.2, 0.25) is 0 Å². The van der Waals surface area contributed by atoms with Crippen LogP contribution in [0.4, 0.5) is 5.69 Å². The lowest BCUT2D eigenvalue weighted by atomic mass is 10.2. The second kappa shape index (κ2) is 8.83. The van der Waals surface area contributed by atoms with Gasteiger partial charge in [0.1, 0.15) is 11.6 Å². The van der Waals surface area contributed by atoms with Crippen molar-refractivity contribution < 1.29 is 19.2 Å². The fraction of sp³-hybridized carbons (Fsp3) is 0.222. The summed E-state index contributed by atoms with van der Waals surface area (Å²) in [4.78, 5) is 26.9. The van der Waals surface area contributed by atoms with Crippen molar-refractivity contribution in [2.24, 2.45) is 0 Å². The number of benzene rings is 2. The lowest BCUT2D eigenvalue weighted by Gasteiger charge is -2.05. The number of thiazole rings is 1. The van der Waals surface area contributed by atoms with Crippen molar-refractivity contribution >= 4 is 45.0 Å². The van der Waals surface area contributed by atoms with Gasteiger partial charge in [-0.3, -0.25) is 14.9 Å². The van der Waals surface area contributed by atoms with Gasteiger partial charge in [-0.25, -0.2) is 4.98 Å². The first-order valence-corrected chi connectivity index (χ1v) is 9.93. The quantitative estimate of drug-likeness (QED) is 0.316. The standard InChI is InChI=1S/C18H16N2O5S2/c1-24-15-7-6-12(8-14(15)20(22)23)10-26-11-18(21)25-9-17-19-13-4-2-3-5-16(13)27-17/h2-8H,9-11H2,1H3. The average Bonchev–Trinajstić information content (AvgIpc) is 3.09. The van der Waals surface area contributed by atoms with Crippen LogP contribution >= 0.6 is 23.1 Å². The first-order valence-electron chi connectivity index (χ1n) is 7.96. The zero-order valence-electron chi connectivity index (χ0n) is 14.4. The lowest BCUT2D eigenvalue weighted by Crippen LogP contribution is -2.07. The number of carbonyl (C=O) groups excluding carboxylic acids is 1. The summed E-state index contributed by atoms with van der Waals surface area (Å²) in [6.07, 6.45) is 0. The number of esters is 1. The van der Waals surface area contributed by atoms with E-state index in [1.807, 2.05) is 24.3 Å². The fourth-order valence-electron chi connectivity index (χ4n) is 2.39. The van der Waals surface area contributed by atoms with Crippen LogP contribution < -0.4 is 4.74 Å². The molecular weight excluding hydrogens is 388 g/mol. The van der Waals surface area contributed by atoms with Gasteiger partial charge in [-0.1, -0.05) is 18.2 Å². The minimum absolute atomic E-state index is 0.0889. The van der Waals surface area contributed by atoms with Crippen LogP contribution in [-0.4, -0.2) is 28.7 Å². The van der Waals surface area contributed by atoms with E-state index in [1.54, 1.807) is 12.1 Å². The Kier molecular flexibility index (Phi) is 6.25. The summed E-state index contributed by atoms with van der Waals surface area (Å²) >= 11 is 2.83. The van der Waals surface area contributed by atoms with Crippen LogP contribution in [0, 0.1) is 10.1 Å². The summed E-state index contributed by atoms with van der Waals surface area (Å²) in [7, 11) is 1.39. The van der Waals surface area contributed by atoms with Crippen molar-refractivity contribution in [3.8, 4) is 5.75 Å². The highest BCUT2D eigenvalue weighted by molar-refractivity contribution is 7.99. The third-order valence-electron chi connectivity index (χ3n) is 3.62. The highest BCUT2D eigenvalue weighted by Crippen LogP contribution is 2.29. The number of fused-ring (bicyclic) bond motifs is 1. The number of nitrogens with zero attached hydrogens (tertiary/aromatic N) is 2. The molecule has 0 bridgehead atoms. The van der Waals surface area contributed by atoms with Crippen LogP contribution in [0.3, 0.4) is 0 Å². The summed E-state index contributed by atoms with van der Waals surface area (Å²) in [5.41, 5.74) is 1.55. The molecule has 7 nitrogen and oxygen atoms in total. The average molecular weight is 404 g/mol. The van der Waals surface area contributed by atoms with Crippen molar-refractivity contribution in [1.82, 2.24) is 4.98 Å². The monoisotopic (exact) mass is 404 g/mol. The molecule has 9 heteroatoms. The van der Waals surface area contributed by atoms with Crippen molar-refractivity contribution in [3.63, 3.8) is 0 Å². The van der Waals surface area contributed by atoms with E-state index >= 15 is 0 Å². The Morgan fingerprint density at radius 3 is 2.85 bits per heavy atom. The molecule has 0 aliphatic carbocycles. The van der Waals surface area contributed by atoms with Gasteiger partial charge in [0, 0.05) is 11.8 Å². The van der Waals surface area contributed by atoms with E-state index in [1.165, 1.54) is 36.3 Å². The number of carbonyl (C=O) groups is 1. The Hall–Kier alpha value is -2.65. The van der Waals surface area contributed by atoms with Gasteiger partial charge >= 0.3 is 11.7 Å². The van der Waals surface area contributed by atoms with Crippen molar-refractivity contribution in [2.75, 3.05) is 12.9 Å². The minimum Gasteiger partial charge on any atom is -0.490 e. The Labute approximate surface area is 163 Å². The molecular formula is C18H16N2O5S2. The number of nitro groups is 1. The predicted molar refractivity (Wildman–Crippen MR) is 105 cm³/mol. The molecule has 1 heterocycles. The number of nitro benzene ring substituents is 1. The second-order valence-electron chi connectivity index (χ2n) is 5.49. The molecule has 1 aromatic heterocycles. The molecule has 3 rings (SSSR count). The number of thioether (sulfide) groups is 1. The van der Waals surface area contributed by atoms with E-state index in [0.717, 1.165) is 20.8 Å². The Morgan fingerprint density at radius 1 is 1.30 bits per heavy atom. The van der Waals surface area contributed by atoms with E-state index < -0.39 is 4.92 Å². The van der Waals surface area contributed by atoms with Crippen molar-refractivity contribution in [1.29, 1.82) is 0 Å². The van der Waals surface area contributed by atoms with Crippen LogP contribution in [-0.2, 0) is 21.9 Å². The summed E-state index contributed by atoms with van der Waals surface area (Å²) in [5.74, 6) is 0.484. The third kappa shape index (κ3) is 4.95. The van der Waals surface area contributed by atoms with E-state index in [9.17, 15) is 14.9 Å². The molecule has 140 valence electrons. The first-order chi connectivity index (χ1) is 13.1. The molecule has 0 aliphatic heterocycles. The second-order valence-corrected chi connectivity index (χ2v) is 7.59. The number of hydrogen-bond acceptors (Lipinski definition) is 8. The summed E-state index contributed by atoms with van der Waals surface area (Å²) in [6, 6.07) is 12.5. The van der Waals surface area contributed by atoms with Gasteiger partial charge in [-0.05, 0) is 23.8 Å². The predicted octanol–water partition coefficient (Wildman–Crippen LogP) is 4.19. The van der Waals surface area contributed by atoms with Gasteiger partial charge in [0.25, 0.3) is 0 Å². The molecule has 0 fully saturated rings. The van der Waals surface area contributed by atoms with Crippen LogP contribution in [0.1, 0.15) is 10.6 Å². The van der Waals surface area contributed by atoms with Crippen molar-refractivity contribution in [3.05, 3.63) is 63.1 Å². The van der Waals surface area contributed by atoms with E-state index in [2.05, 4.69) is 4.98 Å². The fourth-order valence-corrected chi connectivity index (χ4v) is 4.03. The summed E-state index contributed by atoms with van der Waals surface area (Å²) < 4.78 is 11.3. The zero-order chi connectivity index (χ0) is 19.2. The molecule has 0 amide bonds. The SMILES string of the molecule is COc1ccc(CSCC(=O)OCc2nc3ccccc3s2)cc1[N+](=O)[O-]. The number of methoxy groups -OCH3 is 1. The first kappa shape index (κ1) is 19.1. The number of hydrogen-bond donors (Lipinski definition) is 0. The minimum atomic E-state index is -0.487. The molecule has 0 spiro atoms. The maximum Gasteiger partial charge on any atom is 0.316 e. The molecule has 2 aromatic carbocycles. The van der Waals surface area contributed by atoms with Crippen LogP contribution in [0.25, 0.3) is 10.2 Å². The van der Waals surface area contributed by atoms with Crippen molar-refractivity contribution in [2.45, 2.75) is 12.4 Å². The van der Waals surface area contributed by atoms with Gasteiger partial charge in [-0.15, -0.1) is 23.1 Å². The topological polar surface area (TPSA) is 91.6 Å². The molecule has 27 heavy (non-hydrogen) atoms. The van der Waals surface area contributed by atoms with Gasteiger partial charge in [-0.2, -0.15) is 0 Å². The van der Waals surface area contributed by atoms with Gasteiger partial charge in [0.05, 0.1) is 28.0 Å². The largest absolute Gasteiger partial charge is 0.490 e. The highest BCUT2D eigenvalue weighted by atomic mass is 32.2. The Morgan fingerprint density at radius 2 is 2.11 bits per heavy atom. The third-order valence-corrected chi connectivity index (χ3v) is 5.61. The molecule has 0 atom stereocenters. The van der Waals surface area contributed by atoms with Gasteiger partial charge < -0.3 is 9.47 Å². The highest BCUT2D eigenvalue weighted by Gasteiger charge is 2.15. The summed E-state index contributed by atoms with van der Waals surface area (Å²) in [5, 5.41) is 11.8. The van der Waals surface area contributed by atoms with Crippen LogP contribution in [0.15, 0.2) is 42.5 Å². The molecule has 0 aliphatic rings. The van der Waals surface area contributed by atoms with E-state index in [4.69, 9.17) is 9.47 Å². The molecule has 3 aromatic rings. The maximum atomic E-state index is 11.9. The number of rotatable bonds is 8. The van der Waals surface area contributed by atoms with E-state index in [-0.39, 0.29) is 29.8 Å². The molecule has 0 saturated heterocycles. The van der Waals surface area contributed by atoms with Crippen LogP contribution in [0.5, 0.6) is 5.75 Å². The number of aromatic nitrogens is 1. The lowest BCUT2D eigenvalue weighted by molar-refractivity contribution is -0.385. The number of para-hydroxylation sites is 1. The smallest absolute Gasteiger partial charge is 0.316 e. The van der Waals surface area contributed by atoms with Gasteiger partial charge in [0.2, 0.25) is 0 Å². The maximum absolute atomic E-state index is 11.9. The van der Waals surface area contributed by atoms with E-state index in [0.29, 0.717) is 5.75 Å². The molecule has 0 radical (unpaired) electrons. The normalized spacial score (nSPS) is 10.7. The molecule has 0 saturated carbocycles. The Bertz CT molecular complexity index is 940. The molecule has 0 unspecified atom stereocenters.